The van der Waals surface area contributed by atoms with Crippen molar-refractivity contribution < 1.29 is 55.2 Å². The first-order valence-corrected chi connectivity index (χ1v) is 11.6. The molecule has 0 spiro atoms. The van der Waals surface area contributed by atoms with Crippen molar-refractivity contribution in [1.29, 1.82) is 0 Å². The van der Waals surface area contributed by atoms with Crippen LogP contribution in [0.2, 0.25) is 0 Å². The first kappa shape index (κ1) is 30.9. The number of alkyl halides is 6. The minimum absolute atomic E-state index is 0.0272. The van der Waals surface area contributed by atoms with E-state index in [4.69, 9.17) is 9.47 Å². The standard InChI is InChI=1S/C25H21BrF6O6/c1-3-35-22(23(33)34)13-16-5-9-20(19(26)12-16)36-11-10-15(2)4-6-17-7-8-18(37-24(27,28)29)14-21(17)38-25(30,31)32/h5,7-10,12,14,22H,3,11,13H2,1-2H3,(H,33,34)/b15-10-/t22-/m0/s1. The second-order valence-corrected chi connectivity index (χ2v) is 8.31. The van der Waals surface area contributed by atoms with Gasteiger partial charge >= 0.3 is 18.7 Å². The molecule has 0 amide bonds. The molecule has 0 radical (unpaired) electrons. The number of ether oxygens (including phenoxy) is 4. The quantitative estimate of drug-likeness (QED) is 0.240. The van der Waals surface area contributed by atoms with Crippen LogP contribution in [0.5, 0.6) is 17.2 Å². The zero-order chi connectivity index (χ0) is 28.5. The number of carboxylic acid groups (broad SMARTS) is 1. The number of benzene rings is 2. The van der Waals surface area contributed by atoms with E-state index >= 15 is 0 Å². The predicted octanol–water partition coefficient (Wildman–Crippen LogP) is 6.66. The van der Waals surface area contributed by atoms with Gasteiger partial charge in [0.25, 0.3) is 0 Å². The third-order valence-corrected chi connectivity index (χ3v) is 5.12. The highest BCUT2D eigenvalue weighted by Crippen LogP contribution is 2.32. The lowest BCUT2D eigenvalue weighted by Gasteiger charge is -2.14. The van der Waals surface area contributed by atoms with Gasteiger partial charge < -0.3 is 24.1 Å². The van der Waals surface area contributed by atoms with Crippen LogP contribution in [0, 0.1) is 11.8 Å². The Hall–Kier alpha value is -3.37. The van der Waals surface area contributed by atoms with Gasteiger partial charge in [-0.1, -0.05) is 17.9 Å². The summed E-state index contributed by atoms with van der Waals surface area (Å²) in [4.78, 5) is 11.3. The van der Waals surface area contributed by atoms with Crippen LogP contribution in [0.1, 0.15) is 25.0 Å². The molecule has 0 bridgehead atoms. The third-order valence-electron chi connectivity index (χ3n) is 4.50. The van der Waals surface area contributed by atoms with Crippen molar-refractivity contribution in [3.63, 3.8) is 0 Å². The fourth-order valence-corrected chi connectivity index (χ4v) is 3.45. The number of aliphatic carboxylic acids is 1. The fourth-order valence-electron chi connectivity index (χ4n) is 2.91. The fraction of sp³-hybridized carbons (Fsp3) is 0.320. The van der Waals surface area contributed by atoms with Crippen molar-refractivity contribution >= 4 is 21.9 Å². The maximum Gasteiger partial charge on any atom is 0.573 e. The van der Waals surface area contributed by atoms with E-state index in [1.54, 1.807) is 32.0 Å². The van der Waals surface area contributed by atoms with Gasteiger partial charge in [0.05, 0.1) is 10.0 Å². The summed E-state index contributed by atoms with van der Waals surface area (Å²) in [7, 11) is 0. The van der Waals surface area contributed by atoms with Crippen molar-refractivity contribution in [2.24, 2.45) is 0 Å². The van der Waals surface area contributed by atoms with Crippen LogP contribution in [-0.4, -0.2) is 43.1 Å². The summed E-state index contributed by atoms with van der Waals surface area (Å²) in [6.45, 7) is 3.53. The number of carbonyl (C=O) groups is 1. The maximum absolute atomic E-state index is 12.7. The highest BCUT2D eigenvalue weighted by Gasteiger charge is 2.34. The Morgan fingerprint density at radius 1 is 1.05 bits per heavy atom. The summed E-state index contributed by atoms with van der Waals surface area (Å²) in [5.74, 6) is 2.53. The number of rotatable bonds is 10. The van der Waals surface area contributed by atoms with Gasteiger partial charge in [0.1, 0.15) is 23.9 Å². The predicted molar refractivity (Wildman–Crippen MR) is 127 cm³/mol. The van der Waals surface area contributed by atoms with Gasteiger partial charge in [-0.3, -0.25) is 0 Å². The Labute approximate surface area is 222 Å². The summed E-state index contributed by atoms with van der Waals surface area (Å²) < 4.78 is 94.1. The van der Waals surface area contributed by atoms with Crippen LogP contribution >= 0.6 is 15.9 Å². The monoisotopic (exact) mass is 610 g/mol. The Morgan fingerprint density at radius 3 is 2.32 bits per heavy atom. The number of carboxylic acids is 1. The van der Waals surface area contributed by atoms with E-state index in [2.05, 4.69) is 37.2 Å². The minimum atomic E-state index is -5.16. The van der Waals surface area contributed by atoms with Crippen LogP contribution in [0.4, 0.5) is 26.3 Å². The van der Waals surface area contributed by atoms with Crippen LogP contribution in [0.3, 0.4) is 0 Å². The molecular formula is C25H21BrF6O6. The molecule has 2 aromatic carbocycles. The van der Waals surface area contributed by atoms with Gasteiger partial charge in [-0.2, -0.15) is 0 Å². The average molecular weight is 611 g/mol. The third kappa shape index (κ3) is 10.9. The lowest BCUT2D eigenvalue weighted by atomic mass is 10.1. The van der Waals surface area contributed by atoms with E-state index in [1.165, 1.54) is 6.08 Å². The van der Waals surface area contributed by atoms with Gasteiger partial charge in [-0.05, 0) is 71.3 Å². The van der Waals surface area contributed by atoms with E-state index < -0.39 is 36.3 Å². The molecule has 1 atom stereocenters. The SMILES string of the molecule is CCO[C@@H](Cc1ccc(OC/C=C(/C)C#Cc2ccc(OC(F)(F)F)cc2OC(F)(F)F)c(Br)c1)C(=O)O. The largest absolute Gasteiger partial charge is 0.573 e. The molecule has 1 N–H and O–H groups in total. The second-order valence-electron chi connectivity index (χ2n) is 7.45. The minimum Gasteiger partial charge on any atom is -0.488 e. The van der Waals surface area contributed by atoms with E-state index in [9.17, 15) is 36.2 Å². The van der Waals surface area contributed by atoms with Crippen molar-refractivity contribution in [2.45, 2.75) is 39.1 Å². The lowest BCUT2D eigenvalue weighted by Crippen LogP contribution is -2.26. The molecule has 0 aromatic heterocycles. The molecule has 0 fully saturated rings. The van der Waals surface area contributed by atoms with Crippen LogP contribution in [0.25, 0.3) is 0 Å². The van der Waals surface area contributed by atoms with Gasteiger partial charge in [-0.15, -0.1) is 26.3 Å². The molecule has 0 aliphatic rings. The molecule has 0 unspecified atom stereocenters. The smallest absolute Gasteiger partial charge is 0.488 e. The summed E-state index contributed by atoms with van der Waals surface area (Å²) >= 11 is 3.35. The van der Waals surface area contributed by atoms with E-state index in [1.807, 2.05) is 0 Å². The summed E-state index contributed by atoms with van der Waals surface area (Å²) in [6, 6.07) is 7.18. The Bertz CT molecular complexity index is 1210. The normalized spacial score (nSPS) is 12.8. The molecule has 0 saturated heterocycles. The average Bonchev–Trinajstić information content (AvgIpc) is 2.77. The van der Waals surface area contributed by atoms with Gasteiger partial charge in [-0.25, -0.2) is 4.79 Å². The number of halogens is 7. The molecule has 13 heteroatoms. The molecule has 38 heavy (non-hydrogen) atoms. The molecule has 2 rings (SSSR count). The molecule has 6 nitrogen and oxygen atoms in total. The molecule has 0 aliphatic carbocycles. The number of hydrogen-bond acceptors (Lipinski definition) is 5. The second kappa shape index (κ2) is 13.4. The zero-order valence-corrected chi connectivity index (χ0v) is 21.5. The Kier molecular flexibility index (Phi) is 10.9. The topological polar surface area (TPSA) is 74.2 Å². The summed E-state index contributed by atoms with van der Waals surface area (Å²) in [5, 5.41) is 9.21. The Morgan fingerprint density at radius 2 is 1.74 bits per heavy atom. The highest BCUT2D eigenvalue weighted by molar-refractivity contribution is 9.10. The molecule has 2 aromatic rings. The first-order chi connectivity index (χ1) is 17.7. The van der Waals surface area contributed by atoms with Crippen molar-refractivity contribution in [3.8, 4) is 29.1 Å². The maximum atomic E-state index is 12.7. The number of hydrogen-bond donors (Lipinski definition) is 1. The molecular weight excluding hydrogens is 590 g/mol. The summed E-state index contributed by atoms with van der Waals surface area (Å²) in [5.41, 5.74) is 0.786. The van der Waals surface area contributed by atoms with Gasteiger partial charge in [0.2, 0.25) is 0 Å². The van der Waals surface area contributed by atoms with E-state index in [0.717, 1.165) is 12.1 Å². The van der Waals surface area contributed by atoms with E-state index in [-0.39, 0.29) is 25.2 Å². The highest BCUT2D eigenvalue weighted by atomic mass is 79.9. The van der Waals surface area contributed by atoms with Gasteiger partial charge in [0, 0.05) is 19.1 Å². The number of allylic oxidation sites excluding steroid dienone is 1. The van der Waals surface area contributed by atoms with Crippen molar-refractivity contribution in [1.82, 2.24) is 0 Å². The Balaban J connectivity index is 2.10. The van der Waals surface area contributed by atoms with E-state index in [0.29, 0.717) is 27.4 Å². The molecule has 0 heterocycles. The van der Waals surface area contributed by atoms with Crippen LogP contribution in [-0.2, 0) is 16.0 Å². The molecule has 0 aliphatic heterocycles. The van der Waals surface area contributed by atoms with Crippen molar-refractivity contribution in [3.05, 3.63) is 63.6 Å². The lowest BCUT2D eigenvalue weighted by molar-refractivity contribution is -0.276. The first-order valence-electron chi connectivity index (χ1n) is 10.8. The summed E-state index contributed by atoms with van der Waals surface area (Å²) in [6.07, 6.45) is -9.55. The van der Waals surface area contributed by atoms with Gasteiger partial charge in [0.15, 0.2) is 6.10 Å². The zero-order valence-electron chi connectivity index (χ0n) is 19.9. The van der Waals surface area contributed by atoms with Crippen LogP contribution in [0.15, 0.2) is 52.5 Å². The molecule has 206 valence electrons. The van der Waals surface area contributed by atoms with Crippen LogP contribution < -0.4 is 14.2 Å². The molecule has 0 saturated carbocycles. The van der Waals surface area contributed by atoms with Crippen molar-refractivity contribution in [2.75, 3.05) is 13.2 Å².